The molecule has 11 heteroatoms. The highest BCUT2D eigenvalue weighted by Crippen LogP contribution is 2.47. The predicted octanol–water partition coefficient (Wildman–Crippen LogP) is 5.06. The molecule has 11 nitrogen and oxygen atoms in total. The smallest absolute Gasteiger partial charge is 0.331 e. The van der Waals surface area contributed by atoms with Gasteiger partial charge < -0.3 is 33.8 Å². The first-order valence-corrected chi connectivity index (χ1v) is 19.8. The van der Waals surface area contributed by atoms with Crippen LogP contribution in [0.3, 0.4) is 0 Å². The van der Waals surface area contributed by atoms with Gasteiger partial charge in [0.15, 0.2) is 0 Å². The molecule has 5 fully saturated rings. The molecule has 3 saturated heterocycles. The Morgan fingerprint density at radius 1 is 0.906 bits per heavy atom. The first-order valence-electron chi connectivity index (χ1n) is 19.8. The summed E-state index contributed by atoms with van der Waals surface area (Å²) in [7, 11) is 9.98. The molecule has 4 heterocycles. The van der Waals surface area contributed by atoms with Gasteiger partial charge in [-0.1, -0.05) is 0 Å². The maximum atomic E-state index is 14.5. The van der Waals surface area contributed by atoms with E-state index in [0.29, 0.717) is 36.7 Å². The molecule has 53 heavy (non-hydrogen) atoms. The first kappa shape index (κ1) is 39.2. The second kappa shape index (κ2) is 18.7. The maximum absolute atomic E-state index is 14.5. The zero-order chi connectivity index (χ0) is 37.3. The van der Waals surface area contributed by atoms with Crippen LogP contribution in [0, 0.1) is 23.7 Å². The molecule has 2 aliphatic carbocycles. The van der Waals surface area contributed by atoms with Crippen molar-refractivity contribution in [3.05, 3.63) is 54.2 Å². The quantitative estimate of drug-likeness (QED) is 0.173. The molecule has 290 valence electrons. The zero-order valence-corrected chi connectivity index (χ0v) is 32.7. The molecule has 2 saturated carbocycles. The van der Waals surface area contributed by atoms with Gasteiger partial charge in [-0.25, -0.2) is 9.78 Å². The number of methoxy groups -OCH3 is 1. The van der Waals surface area contributed by atoms with E-state index in [-0.39, 0.29) is 30.0 Å². The first-order chi connectivity index (χ1) is 25.7. The van der Waals surface area contributed by atoms with Crippen molar-refractivity contribution in [2.45, 2.75) is 57.2 Å². The van der Waals surface area contributed by atoms with Crippen LogP contribution in [0.25, 0.3) is 6.08 Å². The molecule has 2 unspecified atom stereocenters. The monoisotopic (exact) mass is 730 g/mol. The minimum atomic E-state index is -0.334. The number of rotatable bonds is 16. The van der Waals surface area contributed by atoms with Crippen LogP contribution >= 0.6 is 0 Å². The Bertz CT molecular complexity index is 1490. The highest BCUT2D eigenvalue weighted by molar-refractivity contribution is 5.95. The summed E-state index contributed by atoms with van der Waals surface area (Å²) in [4.78, 5) is 43.2. The number of ether oxygens (including phenoxy) is 3. The average molecular weight is 731 g/mol. The van der Waals surface area contributed by atoms with Crippen LogP contribution in [-0.4, -0.2) is 133 Å². The zero-order valence-electron chi connectivity index (χ0n) is 32.7. The SMILES string of the molecule is COCCN1CCC(OC(=O)/C=C/c2ccnc(N(CC3C4CC3CN(c3ccc(N(C)C)cc3)C4)C(=O)C3CCC(OCCN(C)C)CC3)c2)CC1. The van der Waals surface area contributed by atoms with Crippen LogP contribution in [0.5, 0.6) is 0 Å². The van der Waals surface area contributed by atoms with Crippen LogP contribution in [0.4, 0.5) is 17.2 Å². The molecular formula is C42H62N6O5. The molecule has 2 aromatic rings. The van der Waals surface area contributed by atoms with Crippen molar-refractivity contribution in [3.63, 3.8) is 0 Å². The van der Waals surface area contributed by atoms with Crippen molar-refractivity contribution < 1.29 is 23.8 Å². The predicted molar refractivity (Wildman–Crippen MR) is 211 cm³/mol. The summed E-state index contributed by atoms with van der Waals surface area (Å²) in [6.07, 6.45) is 11.5. The molecule has 2 atom stereocenters. The highest BCUT2D eigenvalue weighted by atomic mass is 16.5. The van der Waals surface area contributed by atoms with Crippen LogP contribution in [-0.2, 0) is 23.8 Å². The van der Waals surface area contributed by atoms with Gasteiger partial charge in [0.2, 0.25) is 5.91 Å². The Morgan fingerprint density at radius 3 is 2.28 bits per heavy atom. The van der Waals surface area contributed by atoms with Crippen LogP contribution in [0.2, 0.25) is 0 Å². The molecule has 0 spiro atoms. The molecule has 0 radical (unpaired) electrons. The molecular weight excluding hydrogens is 668 g/mol. The van der Waals surface area contributed by atoms with E-state index >= 15 is 0 Å². The van der Waals surface area contributed by atoms with Crippen molar-refractivity contribution >= 4 is 35.1 Å². The van der Waals surface area contributed by atoms with Gasteiger partial charge in [-0.05, 0) is 125 Å². The number of pyridine rings is 1. The van der Waals surface area contributed by atoms with Crippen molar-refractivity contribution in [2.24, 2.45) is 23.7 Å². The van der Waals surface area contributed by atoms with Gasteiger partial charge in [-0.15, -0.1) is 0 Å². The third-order valence-electron chi connectivity index (χ3n) is 11.9. The lowest BCUT2D eigenvalue weighted by Crippen LogP contribution is -2.59. The van der Waals surface area contributed by atoms with E-state index in [1.165, 1.54) is 23.9 Å². The molecule has 5 aliphatic rings. The van der Waals surface area contributed by atoms with E-state index in [1.54, 1.807) is 19.4 Å². The molecule has 0 N–H and O–H groups in total. The Hall–Kier alpha value is -3.51. The number of amides is 1. The van der Waals surface area contributed by atoms with Crippen LogP contribution < -0.4 is 14.7 Å². The number of hydrogen-bond donors (Lipinski definition) is 0. The molecule has 1 aromatic carbocycles. The number of hydrogen-bond acceptors (Lipinski definition) is 10. The number of benzene rings is 1. The lowest BCUT2D eigenvalue weighted by atomic mass is 9.61. The molecule has 2 bridgehead atoms. The number of fused-ring (bicyclic) bond motifs is 2. The number of likely N-dealkylation sites (N-methyl/N-ethyl adjacent to an activating group) is 1. The van der Waals surface area contributed by atoms with Gasteiger partial charge in [0.05, 0.1) is 19.3 Å². The van der Waals surface area contributed by atoms with E-state index < -0.39 is 0 Å². The number of nitrogens with zero attached hydrogens (tertiary/aromatic N) is 6. The lowest BCUT2D eigenvalue weighted by Gasteiger charge is -2.55. The summed E-state index contributed by atoms with van der Waals surface area (Å²) in [6, 6.07) is 12.7. The fourth-order valence-corrected chi connectivity index (χ4v) is 8.59. The molecule has 1 aromatic heterocycles. The number of piperidine rings is 3. The van der Waals surface area contributed by atoms with Crippen molar-refractivity contribution in [2.75, 3.05) is 109 Å². The summed E-state index contributed by atoms with van der Waals surface area (Å²) in [5.74, 6) is 1.94. The number of carbonyl (C=O) groups is 2. The number of anilines is 3. The summed E-state index contributed by atoms with van der Waals surface area (Å²) in [6.45, 7) is 7.72. The van der Waals surface area contributed by atoms with Gasteiger partial charge in [-0.3, -0.25) is 9.69 Å². The topological polar surface area (TPSA) is 90.9 Å². The Balaban J connectivity index is 1.10. The van der Waals surface area contributed by atoms with Crippen molar-refractivity contribution in [1.82, 2.24) is 14.8 Å². The number of likely N-dealkylation sites (tertiary alicyclic amines) is 1. The fraction of sp³-hybridized carbons (Fsp3) is 0.643. The second-order valence-electron chi connectivity index (χ2n) is 16.1. The van der Waals surface area contributed by atoms with E-state index in [4.69, 9.17) is 19.2 Å². The van der Waals surface area contributed by atoms with E-state index in [9.17, 15) is 9.59 Å². The summed E-state index contributed by atoms with van der Waals surface area (Å²) in [5.41, 5.74) is 3.31. The molecule has 7 rings (SSSR count). The van der Waals surface area contributed by atoms with E-state index in [1.807, 2.05) is 17.0 Å². The van der Waals surface area contributed by atoms with Crippen LogP contribution in [0.15, 0.2) is 48.7 Å². The minimum Gasteiger partial charge on any atom is -0.459 e. The fourth-order valence-electron chi connectivity index (χ4n) is 8.59. The summed E-state index contributed by atoms with van der Waals surface area (Å²) in [5, 5.41) is 0. The summed E-state index contributed by atoms with van der Waals surface area (Å²) >= 11 is 0. The number of aromatic nitrogens is 1. The Labute approximate surface area is 317 Å². The second-order valence-corrected chi connectivity index (χ2v) is 16.1. The van der Waals surface area contributed by atoms with Crippen molar-refractivity contribution in [3.8, 4) is 0 Å². The van der Waals surface area contributed by atoms with E-state index in [2.05, 4.69) is 72.1 Å². The van der Waals surface area contributed by atoms with Gasteiger partial charge in [0.1, 0.15) is 11.9 Å². The van der Waals surface area contributed by atoms with Gasteiger partial charge >= 0.3 is 5.97 Å². The lowest BCUT2D eigenvalue weighted by molar-refractivity contribution is -0.145. The maximum Gasteiger partial charge on any atom is 0.331 e. The van der Waals surface area contributed by atoms with Crippen LogP contribution in [0.1, 0.15) is 50.5 Å². The molecule has 3 aliphatic heterocycles. The van der Waals surface area contributed by atoms with Gasteiger partial charge in [0.25, 0.3) is 0 Å². The third kappa shape index (κ3) is 10.6. The number of esters is 1. The van der Waals surface area contributed by atoms with Gasteiger partial charge in [0, 0.05) is 96.6 Å². The van der Waals surface area contributed by atoms with Crippen molar-refractivity contribution in [1.29, 1.82) is 0 Å². The third-order valence-corrected chi connectivity index (χ3v) is 11.9. The standard InChI is InChI=1S/C42H62N6O5/c1-44(2)22-25-52-37-13-7-32(8-14-37)42(50)48(30-39-33-27-34(39)29-47(28-33)36-11-9-35(10-12-36)45(3)4)40-26-31(16-19-43-40)6-15-41(49)53-38-17-20-46(21-18-38)23-24-51-5/h6,9-12,15-16,19,26,32-34,37-39H,7-8,13-14,17-18,20-25,27-30H2,1-5H3/b15-6+. The normalized spacial score (nSPS) is 25.0. The van der Waals surface area contributed by atoms with Gasteiger partial charge in [-0.2, -0.15) is 0 Å². The molecule has 1 amide bonds. The largest absolute Gasteiger partial charge is 0.459 e. The Kier molecular flexibility index (Phi) is 13.8. The van der Waals surface area contributed by atoms with E-state index in [0.717, 1.165) is 90.0 Å². The number of carbonyl (C=O) groups excluding carboxylic acids is 2. The summed E-state index contributed by atoms with van der Waals surface area (Å²) < 4.78 is 17.2. The minimum absolute atomic E-state index is 0.0489. The highest BCUT2D eigenvalue weighted by Gasteiger charge is 2.48. The Morgan fingerprint density at radius 2 is 1.62 bits per heavy atom. The average Bonchev–Trinajstić information content (AvgIpc) is 3.17.